The van der Waals surface area contributed by atoms with E-state index in [4.69, 9.17) is 9.47 Å². The van der Waals surface area contributed by atoms with E-state index >= 15 is 0 Å². The van der Waals surface area contributed by atoms with Crippen molar-refractivity contribution in [2.45, 2.75) is 70.4 Å². The normalized spacial score (nSPS) is 15.4. The Kier molecular flexibility index (Phi) is 16.0. The van der Waals surface area contributed by atoms with Crippen molar-refractivity contribution in [3.63, 3.8) is 0 Å². The fourth-order valence-electron chi connectivity index (χ4n) is 6.50. The molecule has 0 aliphatic carbocycles. The first-order chi connectivity index (χ1) is 26.6. The van der Waals surface area contributed by atoms with Crippen molar-refractivity contribution in [1.82, 2.24) is 31.2 Å². The standard InChI is InChI=1S/C41H52N6O7S/c1-28(2)23-33(36(48)26-37(49)42-15-17-47-18-20-53-21-19-47)44-40(51)35(25-38-43-16-22-55-38)45-39(50)34(46-41(52)54-27-29-9-4-3-5-10-29)24-31-13-8-12-30-11-6-7-14-32(30)31/h3-14,16,22,28,33-36,48H,15,17-21,23-27H2,1-2H3,(H,42,49)(H,44,51)(H,45,50)(H,46,52)/t33-,34-,35?,36-/m0/s1. The van der Waals surface area contributed by atoms with E-state index in [9.17, 15) is 24.3 Å². The molecule has 55 heavy (non-hydrogen) atoms. The summed E-state index contributed by atoms with van der Waals surface area (Å²) in [5, 5.41) is 27.0. The summed E-state index contributed by atoms with van der Waals surface area (Å²) in [6.07, 6.45) is 0.0413. The van der Waals surface area contributed by atoms with Crippen LogP contribution in [0.5, 0.6) is 0 Å². The number of morpholine rings is 1. The van der Waals surface area contributed by atoms with Crippen LogP contribution in [0.2, 0.25) is 0 Å². The van der Waals surface area contributed by atoms with Crippen LogP contribution >= 0.6 is 11.3 Å². The first-order valence-corrected chi connectivity index (χ1v) is 19.7. The number of fused-ring (bicyclic) bond motifs is 1. The number of benzene rings is 3. The van der Waals surface area contributed by atoms with Crippen LogP contribution in [0.15, 0.2) is 84.4 Å². The molecule has 0 bridgehead atoms. The smallest absolute Gasteiger partial charge is 0.408 e. The van der Waals surface area contributed by atoms with Crippen molar-refractivity contribution < 1.29 is 33.8 Å². The van der Waals surface area contributed by atoms with Crippen molar-refractivity contribution in [3.05, 3.63) is 101 Å². The summed E-state index contributed by atoms with van der Waals surface area (Å²) in [6.45, 7) is 7.98. The average Bonchev–Trinajstić information content (AvgIpc) is 3.70. The zero-order chi connectivity index (χ0) is 39.0. The van der Waals surface area contributed by atoms with E-state index in [1.807, 2.05) is 86.6 Å². The van der Waals surface area contributed by atoms with Gasteiger partial charge < -0.3 is 35.8 Å². The van der Waals surface area contributed by atoms with Gasteiger partial charge in [-0.2, -0.15) is 0 Å². The van der Waals surface area contributed by atoms with E-state index in [1.54, 1.807) is 11.6 Å². The van der Waals surface area contributed by atoms with Gasteiger partial charge in [-0.05, 0) is 34.2 Å². The highest BCUT2D eigenvalue weighted by Gasteiger charge is 2.32. The van der Waals surface area contributed by atoms with Crippen LogP contribution < -0.4 is 21.3 Å². The fraction of sp³-hybridized carbons (Fsp3) is 0.439. The molecule has 2 heterocycles. The summed E-state index contributed by atoms with van der Waals surface area (Å²) < 4.78 is 10.9. The number of carbonyl (C=O) groups is 4. The lowest BCUT2D eigenvalue weighted by molar-refractivity contribution is -0.131. The summed E-state index contributed by atoms with van der Waals surface area (Å²) in [6, 6.07) is 19.7. The first kappa shape index (κ1) is 41.3. The van der Waals surface area contributed by atoms with Gasteiger partial charge in [0.25, 0.3) is 0 Å². The third-order valence-electron chi connectivity index (χ3n) is 9.39. The largest absolute Gasteiger partial charge is 0.445 e. The number of carbonyl (C=O) groups excluding carboxylic acids is 4. The maximum absolute atomic E-state index is 14.2. The minimum absolute atomic E-state index is 0.00974. The predicted molar refractivity (Wildman–Crippen MR) is 211 cm³/mol. The average molecular weight is 773 g/mol. The lowest BCUT2D eigenvalue weighted by Crippen LogP contribution is -2.57. The zero-order valence-corrected chi connectivity index (χ0v) is 32.3. The van der Waals surface area contributed by atoms with Gasteiger partial charge in [0.2, 0.25) is 17.7 Å². The third kappa shape index (κ3) is 13.4. The monoisotopic (exact) mass is 772 g/mol. The molecule has 4 aromatic rings. The molecule has 0 saturated carbocycles. The molecule has 1 unspecified atom stereocenters. The van der Waals surface area contributed by atoms with Crippen molar-refractivity contribution in [3.8, 4) is 0 Å². The number of aromatic nitrogens is 1. The van der Waals surface area contributed by atoms with Crippen LogP contribution in [-0.4, -0.2) is 102 Å². The topological polar surface area (TPSA) is 171 Å². The van der Waals surface area contributed by atoms with Crippen molar-refractivity contribution in [2.75, 3.05) is 39.4 Å². The minimum Gasteiger partial charge on any atom is -0.445 e. The fourth-order valence-corrected chi connectivity index (χ4v) is 7.17. The molecule has 0 spiro atoms. The quantitative estimate of drug-likeness (QED) is 0.0956. The number of nitrogens with one attached hydrogen (secondary N) is 4. The van der Waals surface area contributed by atoms with Crippen molar-refractivity contribution >= 4 is 45.9 Å². The summed E-state index contributed by atoms with van der Waals surface area (Å²) >= 11 is 1.34. The first-order valence-electron chi connectivity index (χ1n) is 18.8. The minimum atomic E-state index is -1.17. The number of hydrogen-bond donors (Lipinski definition) is 5. The van der Waals surface area contributed by atoms with E-state index in [1.165, 1.54) is 11.3 Å². The van der Waals surface area contributed by atoms with Gasteiger partial charge in [0.1, 0.15) is 18.7 Å². The number of thiazole rings is 1. The molecule has 14 heteroatoms. The lowest BCUT2D eigenvalue weighted by atomic mass is 9.96. The molecule has 4 atom stereocenters. The number of nitrogens with zero attached hydrogens (tertiary/aromatic N) is 2. The number of aliphatic hydroxyl groups excluding tert-OH is 1. The molecule has 1 saturated heterocycles. The number of rotatable bonds is 19. The number of ether oxygens (including phenoxy) is 2. The Morgan fingerprint density at radius 1 is 0.891 bits per heavy atom. The second-order valence-corrected chi connectivity index (χ2v) is 15.1. The molecule has 5 rings (SSSR count). The van der Waals surface area contributed by atoms with Gasteiger partial charge >= 0.3 is 6.09 Å². The summed E-state index contributed by atoms with van der Waals surface area (Å²) in [5.74, 6) is -1.39. The number of alkyl carbamates (subject to hydrolysis) is 1. The molecule has 0 radical (unpaired) electrons. The molecular formula is C41H52N6O7S. The van der Waals surface area contributed by atoms with E-state index in [-0.39, 0.29) is 37.7 Å². The Hall–Kier alpha value is -4.89. The summed E-state index contributed by atoms with van der Waals surface area (Å²) in [5.41, 5.74) is 1.61. The highest BCUT2D eigenvalue weighted by molar-refractivity contribution is 7.09. The van der Waals surface area contributed by atoms with E-state index < -0.39 is 42.1 Å². The van der Waals surface area contributed by atoms with Gasteiger partial charge in [-0.3, -0.25) is 19.3 Å². The van der Waals surface area contributed by atoms with Gasteiger partial charge in [0, 0.05) is 50.6 Å². The molecule has 13 nitrogen and oxygen atoms in total. The van der Waals surface area contributed by atoms with Crippen LogP contribution in [0.1, 0.15) is 42.8 Å². The molecule has 1 fully saturated rings. The summed E-state index contributed by atoms with van der Waals surface area (Å²) in [4.78, 5) is 60.8. The maximum Gasteiger partial charge on any atom is 0.408 e. The third-order valence-corrected chi connectivity index (χ3v) is 10.2. The van der Waals surface area contributed by atoms with Crippen LogP contribution in [-0.2, 0) is 43.3 Å². The number of amides is 4. The summed E-state index contributed by atoms with van der Waals surface area (Å²) in [7, 11) is 0. The van der Waals surface area contributed by atoms with Crippen LogP contribution in [0.4, 0.5) is 4.79 Å². The van der Waals surface area contributed by atoms with Crippen LogP contribution in [0.3, 0.4) is 0 Å². The van der Waals surface area contributed by atoms with E-state index in [0.29, 0.717) is 37.7 Å². The van der Waals surface area contributed by atoms with Crippen molar-refractivity contribution in [1.29, 1.82) is 0 Å². The second kappa shape index (κ2) is 21.3. The molecular weight excluding hydrogens is 721 g/mol. The Morgan fingerprint density at radius 2 is 1.60 bits per heavy atom. The zero-order valence-electron chi connectivity index (χ0n) is 31.4. The molecule has 5 N–H and O–H groups in total. The highest BCUT2D eigenvalue weighted by atomic mass is 32.1. The Balaban J connectivity index is 1.29. The second-order valence-electron chi connectivity index (χ2n) is 14.1. The predicted octanol–water partition coefficient (Wildman–Crippen LogP) is 3.59. The van der Waals surface area contributed by atoms with Gasteiger partial charge in [0.15, 0.2) is 0 Å². The van der Waals surface area contributed by atoms with E-state index in [0.717, 1.165) is 35.0 Å². The Bertz CT molecular complexity index is 1810. The molecule has 3 aromatic carbocycles. The Labute approximate surface area is 326 Å². The van der Waals surface area contributed by atoms with Crippen LogP contribution in [0.25, 0.3) is 10.8 Å². The molecule has 294 valence electrons. The molecule has 1 aliphatic rings. The molecule has 1 aromatic heterocycles. The lowest BCUT2D eigenvalue weighted by Gasteiger charge is -2.29. The molecule has 4 amide bonds. The number of hydrogen-bond acceptors (Lipinski definition) is 10. The van der Waals surface area contributed by atoms with Crippen LogP contribution in [0, 0.1) is 5.92 Å². The maximum atomic E-state index is 14.2. The highest BCUT2D eigenvalue weighted by Crippen LogP contribution is 2.21. The van der Waals surface area contributed by atoms with E-state index in [2.05, 4.69) is 31.2 Å². The Morgan fingerprint density at radius 3 is 2.35 bits per heavy atom. The number of aliphatic hydroxyl groups is 1. The van der Waals surface area contributed by atoms with Gasteiger partial charge in [-0.15, -0.1) is 11.3 Å². The van der Waals surface area contributed by atoms with Gasteiger partial charge in [-0.1, -0.05) is 86.6 Å². The van der Waals surface area contributed by atoms with Gasteiger partial charge in [0.05, 0.1) is 36.8 Å². The van der Waals surface area contributed by atoms with Crippen molar-refractivity contribution in [2.24, 2.45) is 5.92 Å². The molecule has 1 aliphatic heterocycles. The van der Waals surface area contributed by atoms with Gasteiger partial charge in [-0.25, -0.2) is 9.78 Å². The SMILES string of the molecule is CC(C)C[C@H](NC(=O)C(Cc1nccs1)NC(=O)[C@H](Cc1cccc2ccccc12)NC(=O)OCc1ccccc1)[C@@H](O)CC(=O)NCCN1CCOCC1.